The number of nitrogens with zero attached hydrogens (tertiary/aromatic N) is 1. The summed E-state index contributed by atoms with van der Waals surface area (Å²) in [6.45, 7) is 12.2. The highest BCUT2D eigenvalue weighted by Gasteiger charge is 2.48. The van der Waals surface area contributed by atoms with Crippen molar-refractivity contribution in [1.29, 1.82) is 0 Å². The van der Waals surface area contributed by atoms with Crippen LogP contribution in [0.4, 0.5) is 11.4 Å². The van der Waals surface area contributed by atoms with Crippen molar-refractivity contribution in [1.82, 2.24) is 0 Å². The Morgan fingerprint density at radius 1 is 0.909 bits per heavy atom. The number of carbonyl (C=O) groups is 1. The molecule has 1 atom stereocenters. The van der Waals surface area contributed by atoms with Crippen molar-refractivity contribution >= 4 is 17.2 Å². The van der Waals surface area contributed by atoms with Crippen molar-refractivity contribution in [2.75, 3.05) is 5.32 Å². The number of para-hydroxylation sites is 2. The summed E-state index contributed by atoms with van der Waals surface area (Å²) < 4.78 is 6.54. The molecule has 2 aliphatic rings. The number of hydrogen-bond donors (Lipinski definition) is 1. The van der Waals surface area contributed by atoms with Gasteiger partial charge in [0.2, 0.25) is 0 Å². The van der Waals surface area contributed by atoms with Crippen molar-refractivity contribution in [2.24, 2.45) is 10.8 Å². The molecule has 0 bridgehead atoms. The summed E-state index contributed by atoms with van der Waals surface area (Å²) in [6.07, 6.45) is 3.45. The molecule has 0 saturated heterocycles. The van der Waals surface area contributed by atoms with E-state index in [1.807, 2.05) is 78.0 Å². The Morgan fingerprint density at radius 2 is 1.45 bits per heavy atom. The number of non-ortho nitro benzene ring substituents is 1. The summed E-state index contributed by atoms with van der Waals surface area (Å²) in [6, 6.07) is 14.1. The lowest BCUT2D eigenvalue weighted by molar-refractivity contribution is -0.384. The largest absolute Gasteiger partial charge is 0.480 e. The summed E-state index contributed by atoms with van der Waals surface area (Å²) in [4.78, 5) is 24.4. The van der Waals surface area contributed by atoms with Gasteiger partial charge < -0.3 is 10.1 Å². The van der Waals surface area contributed by atoms with Crippen LogP contribution in [0.5, 0.6) is 5.75 Å². The van der Waals surface area contributed by atoms with Gasteiger partial charge >= 0.3 is 0 Å². The lowest BCUT2D eigenvalue weighted by atomic mass is 9.67. The molecule has 0 radical (unpaired) electrons. The molecule has 1 spiro atoms. The van der Waals surface area contributed by atoms with E-state index in [4.69, 9.17) is 4.74 Å². The van der Waals surface area contributed by atoms with E-state index >= 15 is 0 Å². The maximum absolute atomic E-state index is 13.6. The average molecular weight is 447 g/mol. The van der Waals surface area contributed by atoms with Crippen molar-refractivity contribution in [3.63, 3.8) is 0 Å². The van der Waals surface area contributed by atoms with Crippen molar-refractivity contribution in [3.05, 3.63) is 87.5 Å². The molecule has 0 fully saturated rings. The zero-order valence-electron chi connectivity index (χ0n) is 19.9. The third kappa shape index (κ3) is 4.06. The Balaban J connectivity index is 1.97. The number of nitrogens with one attached hydrogen (secondary N) is 1. The molecule has 0 aromatic heterocycles. The first-order valence-electron chi connectivity index (χ1n) is 11.1. The predicted molar refractivity (Wildman–Crippen MR) is 129 cm³/mol. The zero-order valence-corrected chi connectivity index (χ0v) is 19.9. The molecular formula is C27H30N2O4. The molecule has 1 heterocycles. The topological polar surface area (TPSA) is 81.5 Å². The number of carbonyl (C=O) groups excluding carboxylic acids is 1. The molecule has 33 heavy (non-hydrogen) atoms. The van der Waals surface area contributed by atoms with Gasteiger partial charge in [0, 0.05) is 23.3 Å². The van der Waals surface area contributed by atoms with E-state index in [2.05, 4.69) is 5.32 Å². The van der Waals surface area contributed by atoms with Gasteiger partial charge in [-0.25, -0.2) is 0 Å². The summed E-state index contributed by atoms with van der Waals surface area (Å²) >= 11 is 0. The number of allylic oxidation sites excluding steroid dienone is 2. The number of anilines is 1. The number of nitro groups is 1. The van der Waals surface area contributed by atoms with Crippen molar-refractivity contribution in [3.8, 4) is 5.75 Å². The third-order valence-corrected chi connectivity index (χ3v) is 6.20. The van der Waals surface area contributed by atoms with Crippen LogP contribution in [-0.4, -0.2) is 16.2 Å². The molecule has 2 aromatic rings. The lowest BCUT2D eigenvalue weighted by Gasteiger charge is -2.47. The Bertz CT molecular complexity index is 1140. The fourth-order valence-electron chi connectivity index (χ4n) is 4.44. The van der Waals surface area contributed by atoms with E-state index in [9.17, 15) is 14.9 Å². The van der Waals surface area contributed by atoms with Gasteiger partial charge in [-0.1, -0.05) is 53.7 Å². The van der Waals surface area contributed by atoms with E-state index in [0.717, 1.165) is 22.4 Å². The van der Waals surface area contributed by atoms with E-state index in [-0.39, 0.29) is 22.3 Å². The lowest BCUT2D eigenvalue weighted by Crippen LogP contribution is -2.50. The van der Waals surface area contributed by atoms with Crippen LogP contribution < -0.4 is 10.1 Å². The number of fused-ring (bicyclic) bond motifs is 1. The predicted octanol–water partition coefficient (Wildman–Crippen LogP) is 6.41. The number of nitro benzene ring substituents is 1. The zero-order chi connectivity index (χ0) is 24.2. The second-order valence-electron chi connectivity index (χ2n) is 10.8. The number of rotatable bonds is 2. The Labute approximate surface area is 194 Å². The summed E-state index contributed by atoms with van der Waals surface area (Å²) in [7, 11) is 0. The standard InChI is InChI=1S/C27H30N2O4/c1-25(2,3)19-15-27(16-20(23(19)30)26(4,5)6)24(17-11-13-18(14-12-17)29(31)32)33-22-10-8-7-9-21(22)28-27/h7-16,24,28H,1-6H3. The van der Waals surface area contributed by atoms with E-state index in [1.54, 1.807) is 12.1 Å². The van der Waals surface area contributed by atoms with E-state index in [1.165, 1.54) is 12.1 Å². The van der Waals surface area contributed by atoms with E-state index in [0.29, 0.717) is 5.75 Å². The summed E-state index contributed by atoms with van der Waals surface area (Å²) in [5, 5.41) is 14.9. The van der Waals surface area contributed by atoms with Gasteiger partial charge in [-0.05, 0) is 52.8 Å². The molecule has 0 saturated carbocycles. The van der Waals surface area contributed by atoms with Crippen LogP contribution in [0.25, 0.3) is 0 Å². The molecule has 1 unspecified atom stereocenters. The number of ether oxygens (including phenoxy) is 1. The fraction of sp³-hybridized carbons (Fsp3) is 0.370. The Kier molecular flexibility index (Phi) is 5.23. The molecule has 2 aromatic carbocycles. The van der Waals surface area contributed by atoms with Crippen LogP contribution >= 0.6 is 0 Å². The maximum Gasteiger partial charge on any atom is 0.269 e. The summed E-state index contributed by atoms with van der Waals surface area (Å²) in [5.41, 5.74) is 1.47. The second kappa shape index (κ2) is 7.58. The van der Waals surface area contributed by atoms with Crippen LogP contribution in [0.1, 0.15) is 53.2 Å². The number of ketones is 1. The minimum atomic E-state index is -0.844. The maximum atomic E-state index is 13.6. The molecule has 4 rings (SSSR count). The average Bonchev–Trinajstić information content (AvgIpc) is 2.73. The van der Waals surface area contributed by atoms with Gasteiger partial charge in [0.25, 0.3) is 5.69 Å². The van der Waals surface area contributed by atoms with Gasteiger partial charge in [-0.2, -0.15) is 0 Å². The van der Waals surface area contributed by atoms with Gasteiger partial charge in [-0.15, -0.1) is 0 Å². The molecule has 1 aliphatic heterocycles. The first kappa shape index (κ1) is 22.8. The Morgan fingerprint density at radius 3 is 1.97 bits per heavy atom. The van der Waals surface area contributed by atoms with Crippen LogP contribution in [0.15, 0.2) is 71.8 Å². The van der Waals surface area contributed by atoms with Gasteiger partial charge in [0.1, 0.15) is 11.3 Å². The first-order valence-corrected chi connectivity index (χ1v) is 11.1. The first-order chi connectivity index (χ1) is 15.3. The molecule has 6 heteroatoms. The molecule has 1 N–H and O–H groups in total. The van der Waals surface area contributed by atoms with Crippen molar-refractivity contribution < 1.29 is 14.5 Å². The van der Waals surface area contributed by atoms with Gasteiger partial charge in [-0.3, -0.25) is 14.9 Å². The minimum absolute atomic E-state index is 0.0210. The summed E-state index contributed by atoms with van der Waals surface area (Å²) in [5.74, 6) is 0.739. The molecule has 6 nitrogen and oxygen atoms in total. The second-order valence-corrected chi connectivity index (χ2v) is 10.8. The van der Waals surface area contributed by atoms with Crippen molar-refractivity contribution in [2.45, 2.75) is 53.2 Å². The molecule has 1 aliphatic carbocycles. The molecular weight excluding hydrogens is 416 g/mol. The highest BCUT2D eigenvalue weighted by molar-refractivity contribution is 6.11. The monoisotopic (exact) mass is 446 g/mol. The highest BCUT2D eigenvalue weighted by Crippen LogP contribution is 2.50. The third-order valence-electron chi connectivity index (χ3n) is 6.20. The number of benzene rings is 2. The SMILES string of the molecule is CC(C)(C)C1=CC2(C=C(C(C)(C)C)C1=O)Nc1ccccc1OC2c1ccc([N+](=O)[O-])cc1. The minimum Gasteiger partial charge on any atom is -0.480 e. The van der Waals surface area contributed by atoms with Gasteiger partial charge in [0.05, 0.1) is 10.6 Å². The van der Waals surface area contributed by atoms with Crippen LogP contribution in [0, 0.1) is 20.9 Å². The normalized spacial score (nSPS) is 19.7. The Hall–Kier alpha value is -3.41. The fourth-order valence-corrected chi connectivity index (χ4v) is 4.44. The molecule has 172 valence electrons. The molecule has 0 amide bonds. The van der Waals surface area contributed by atoms with Crippen LogP contribution in [0.2, 0.25) is 0 Å². The smallest absolute Gasteiger partial charge is 0.269 e. The quantitative estimate of drug-likeness (QED) is 0.426. The van der Waals surface area contributed by atoms with Crippen LogP contribution in [-0.2, 0) is 4.79 Å². The number of Topliss-reactive ketones (excluding diaryl/α,β-unsaturated/α-hetero) is 1. The highest BCUT2D eigenvalue weighted by atomic mass is 16.6. The number of hydrogen-bond acceptors (Lipinski definition) is 5. The van der Waals surface area contributed by atoms with Crippen LogP contribution in [0.3, 0.4) is 0 Å². The van der Waals surface area contributed by atoms with E-state index < -0.39 is 16.6 Å². The van der Waals surface area contributed by atoms with Gasteiger partial charge in [0.15, 0.2) is 11.9 Å².